The molecule has 0 bridgehead atoms. The molecule has 18 heavy (non-hydrogen) atoms. The molecule has 1 saturated heterocycles. The van der Waals surface area contributed by atoms with Gasteiger partial charge in [-0.3, -0.25) is 9.58 Å². The highest BCUT2D eigenvalue weighted by Gasteiger charge is 2.17. The van der Waals surface area contributed by atoms with Gasteiger partial charge >= 0.3 is 0 Å². The molecule has 2 N–H and O–H groups in total. The van der Waals surface area contributed by atoms with Gasteiger partial charge in [-0.15, -0.1) is 5.10 Å². The molecule has 102 valence electrons. The van der Waals surface area contributed by atoms with E-state index < -0.39 is 0 Å². The van der Waals surface area contributed by atoms with Gasteiger partial charge in [0.05, 0.1) is 5.69 Å². The fraction of sp³-hybridized carbons (Fsp3) is 0.833. The van der Waals surface area contributed by atoms with Gasteiger partial charge in [-0.05, 0) is 25.9 Å². The zero-order valence-electron chi connectivity index (χ0n) is 11.3. The van der Waals surface area contributed by atoms with Gasteiger partial charge in [0, 0.05) is 46.0 Å². The first kappa shape index (κ1) is 13.5. The molecule has 1 fully saturated rings. The summed E-state index contributed by atoms with van der Waals surface area (Å²) in [6.07, 6.45) is 4.36. The Morgan fingerprint density at radius 1 is 1.17 bits per heavy atom. The van der Waals surface area contributed by atoms with Crippen LogP contribution in [-0.4, -0.2) is 64.1 Å². The van der Waals surface area contributed by atoms with E-state index in [1.54, 1.807) is 4.68 Å². The number of aryl methyl sites for hydroxylation is 1. The Bertz CT molecular complexity index is 342. The van der Waals surface area contributed by atoms with Crippen LogP contribution in [0.3, 0.4) is 0 Å². The van der Waals surface area contributed by atoms with Gasteiger partial charge < -0.3 is 10.6 Å². The van der Waals surface area contributed by atoms with Crippen LogP contribution in [0.15, 0.2) is 6.20 Å². The van der Waals surface area contributed by atoms with Crippen LogP contribution in [0, 0.1) is 0 Å². The monoisotopic (exact) mass is 252 g/mol. The van der Waals surface area contributed by atoms with Crippen molar-refractivity contribution in [2.24, 2.45) is 12.8 Å². The number of aromatic nitrogens is 3. The van der Waals surface area contributed by atoms with Gasteiger partial charge in [-0.1, -0.05) is 5.21 Å². The molecule has 0 unspecified atom stereocenters. The molecule has 0 aliphatic carbocycles. The summed E-state index contributed by atoms with van der Waals surface area (Å²) in [5.74, 6) is 0. The predicted molar refractivity (Wildman–Crippen MR) is 71.0 cm³/mol. The molecule has 1 aromatic heterocycles. The van der Waals surface area contributed by atoms with E-state index in [1.807, 2.05) is 13.2 Å². The number of unbranched alkanes of at least 4 members (excludes halogenated alkanes) is 1. The summed E-state index contributed by atoms with van der Waals surface area (Å²) in [5.41, 5.74) is 6.58. The van der Waals surface area contributed by atoms with Crippen LogP contribution in [-0.2, 0) is 13.6 Å². The zero-order valence-corrected chi connectivity index (χ0v) is 11.3. The lowest BCUT2D eigenvalue weighted by molar-refractivity contribution is 0.125. The second-order valence-electron chi connectivity index (χ2n) is 5.00. The molecular formula is C12H24N6. The van der Waals surface area contributed by atoms with E-state index in [0.717, 1.165) is 51.4 Å². The van der Waals surface area contributed by atoms with E-state index in [1.165, 1.54) is 13.0 Å². The average molecular weight is 252 g/mol. The molecule has 2 heterocycles. The summed E-state index contributed by atoms with van der Waals surface area (Å²) < 4.78 is 1.76. The van der Waals surface area contributed by atoms with Crippen LogP contribution in [0.5, 0.6) is 0 Å². The summed E-state index contributed by atoms with van der Waals surface area (Å²) in [6, 6.07) is 0. The average Bonchev–Trinajstić information content (AvgIpc) is 2.77. The molecule has 0 radical (unpaired) electrons. The topological polar surface area (TPSA) is 63.2 Å². The maximum atomic E-state index is 5.51. The van der Waals surface area contributed by atoms with Crippen LogP contribution in [0.1, 0.15) is 18.5 Å². The first-order valence-electron chi connectivity index (χ1n) is 6.78. The van der Waals surface area contributed by atoms with Gasteiger partial charge in [0.15, 0.2) is 0 Å². The van der Waals surface area contributed by atoms with Gasteiger partial charge in [0.2, 0.25) is 0 Å². The Balaban J connectivity index is 1.67. The second kappa shape index (κ2) is 6.82. The molecule has 2 rings (SSSR count). The van der Waals surface area contributed by atoms with Crippen molar-refractivity contribution < 1.29 is 0 Å². The second-order valence-corrected chi connectivity index (χ2v) is 5.00. The third kappa shape index (κ3) is 4.04. The number of piperazine rings is 1. The number of hydrogen-bond acceptors (Lipinski definition) is 5. The Hall–Kier alpha value is -0.980. The molecule has 1 aliphatic rings. The van der Waals surface area contributed by atoms with Gasteiger partial charge in [0.1, 0.15) is 0 Å². The SMILES string of the molecule is Cn1cc(CN2CCN(CCCCN)CC2)nn1. The fourth-order valence-electron chi connectivity index (χ4n) is 2.35. The van der Waals surface area contributed by atoms with Crippen LogP contribution in [0.25, 0.3) is 0 Å². The van der Waals surface area contributed by atoms with Gasteiger partial charge in [-0.2, -0.15) is 0 Å². The molecular weight excluding hydrogens is 228 g/mol. The minimum atomic E-state index is 0.812. The minimum absolute atomic E-state index is 0.812. The van der Waals surface area contributed by atoms with Crippen molar-refractivity contribution in [2.75, 3.05) is 39.3 Å². The molecule has 0 amide bonds. The molecule has 0 atom stereocenters. The van der Waals surface area contributed by atoms with Crippen LogP contribution in [0.4, 0.5) is 0 Å². The normalized spacial score (nSPS) is 18.3. The maximum absolute atomic E-state index is 5.51. The van der Waals surface area contributed by atoms with Crippen molar-refractivity contribution in [1.29, 1.82) is 0 Å². The lowest BCUT2D eigenvalue weighted by Gasteiger charge is -2.34. The fourth-order valence-corrected chi connectivity index (χ4v) is 2.35. The third-order valence-corrected chi connectivity index (χ3v) is 3.43. The molecule has 0 spiro atoms. The summed E-state index contributed by atoms with van der Waals surface area (Å²) in [7, 11) is 1.91. The summed E-state index contributed by atoms with van der Waals surface area (Å²) >= 11 is 0. The van der Waals surface area contributed by atoms with Gasteiger partial charge in [0.25, 0.3) is 0 Å². The predicted octanol–water partition coefficient (Wildman–Crippen LogP) is -0.328. The molecule has 1 aliphatic heterocycles. The molecule has 6 heteroatoms. The summed E-state index contributed by atoms with van der Waals surface area (Å²) in [4.78, 5) is 4.98. The number of rotatable bonds is 6. The first-order chi connectivity index (χ1) is 8.78. The highest BCUT2D eigenvalue weighted by molar-refractivity contribution is 4.92. The van der Waals surface area contributed by atoms with Crippen LogP contribution in [0.2, 0.25) is 0 Å². The largest absolute Gasteiger partial charge is 0.330 e. The van der Waals surface area contributed by atoms with Gasteiger partial charge in [-0.25, -0.2) is 0 Å². The Morgan fingerprint density at radius 3 is 2.50 bits per heavy atom. The van der Waals surface area contributed by atoms with Crippen LogP contribution >= 0.6 is 0 Å². The van der Waals surface area contributed by atoms with Crippen molar-refractivity contribution in [3.8, 4) is 0 Å². The maximum Gasteiger partial charge on any atom is 0.0967 e. The van der Waals surface area contributed by atoms with Crippen molar-refractivity contribution in [3.05, 3.63) is 11.9 Å². The lowest BCUT2D eigenvalue weighted by atomic mass is 10.2. The van der Waals surface area contributed by atoms with Crippen molar-refractivity contribution >= 4 is 0 Å². The lowest BCUT2D eigenvalue weighted by Crippen LogP contribution is -2.46. The van der Waals surface area contributed by atoms with E-state index in [-0.39, 0.29) is 0 Å². The number of hydrogen-bond donors (Lipinski definition) is 1. The third-order valence-electron chi connectivity index (χ3n) is 3.43. The number of nitrogens with zero attached hydrogens (tertiary/aromatic N) is 5. The van der Waals surface area contributed by atoms with E-state index in [4.69, 9.17) is 5.73 Å². The van der Waals surface area contributed by atoms with E-state index in [2.05, 4.69) is 20.1 Å². The van der Waals surface area contributed by atoms with Crippen molar-refractivity contribution in [1.82, 2.24) is 24.8 Å². The summed E-state index contributed by atoms with van der Waals surface area (Å²) in [5, 5.41) is 8.10. The first-order valence-corrected chi connectivity index (χ1v) is 6.78. The molecule has 1 aromatic rings. The smallest absolute Gasteiger partial charge is 0.0967 e. The standard InChI is InChI=1S/C12H24N6/c1-16-10-12(14-15-16)11-18-8-6-17(7-9-18)5-3-2-4-13/h10H,2-9,11,13H2,1H3. The van der Waals surface area contributed by atoms with E-state index in [9.17, 15) is 0 Å². The molecule has 0 saturated carbocycles. The minimum Gasteiger partial charge on any atom is -0.330 e. The quantitative estimate of drug-likeness (QED) is 0.703. The Labute approximate surface area is 109 Å². The van der Waals surface area contributed by atoms with E-state index >= 15 is 0 Å². The number of nitrogens with two attached hydrogens (primary N) is 1. The Morgan fingerprint density at radius 2 is 1.89 bits per heavy atom. The highest BCUT2D eigenvalue weighted by atomic mass is 15.4. The Kier molecular flexibility index (Phi) is 5.10. The van der Waals surface area contributed by atoms with E-state index in [0.29, 0.717) is 0 Å². The zero-order chi connectivity index (χ0) is 12.8. The van der Waals surface area contributed by atoms with Crippen molar-refractivity contribution in [3.63, 3.8) is 0 Å². The highest BCUT2D eigenvalue weighted by Crippen LogP contribution is 2.06. The summed E-state index contributed by atoms with van der Waals surface area (Å²) in [6.45, 7) is 7.49. The molecule has 0 aromatic carbocycles. The molecule has 6 nitrogen and oxygen atoms in total. The van der Waals surface area contributed by atoms with Crippen molar-refractivity contribution in [2.45, 2.75) is 19.4 Å². The van der Waals surface area contributed by atoms with Crippen LogP contribution < -0.4 is 5.73 Å².